The summed E-state index contributed by atoms with van der Waals surface area (Å²) in [4.78, 5) is 18.6. The normalized spacial score (nSPS) is 10.8. The van der Waals surface area contributed by atoms with Crippen molar-refractivity contribution in [2.45, 2.75) is 19.8 Å². The van der Waals surface area contributed by atoms with Gasteiger partial charge in [-0.05, 0) is 65.8 Å². The topological polar surface area (TPSA) is 51.2 Å². The molecule has 5 aromatic rings. The van der Waals surface area contributed by atoms with Crippen LogP contribution in [0.25, 0.3) is 10.9 Å². The van der Waals surface area contributed by atoms with Gasteiger partial charge in [0.15, 0.2) is 0 Å². The molecule has 1 N–H and O–H groups in total. The number of aromatic nitrogens is 1. The number of hydrogen-bond acceptors (Lipinski definition) is 3. The van der Waals surface area contributed by atoms with Gasteiger partial charge < -0.3 is 10.1 Å². The summed E-state index contributed by atoms with van der Waals surface area (Å²) < 4.78 is 5.77. The van der Waals surface area contributed by atoms with Crippen molar-refractivity contribution in [3.8, 4) is 5.75 Å². The first-order valence-corrected chi connectivity index (χ1v) is 12.1. The molecule has 0 unspecified atom stereocenters. The maximum Gasteiger partial charge on any atom is 0.256 e. The third kappa shape index (κ3) is 4.84. The Balaban J connectivity index is 1.65. The fraction of sp³-hybridized carbons (Fsp3) is 0.125. The molecule has 36 heavy (non-hydrogen) atoms. The highest BCUT2D eigenvalue weighted by molar-refractivity contribution is 6.10. The summed E-state index contributed by atoms with van der Waals surface area (Å²) in [6, 6.07) is 32.2. The molecule has 4 nitrogen and oxygen atoms in total. The number of pyridine rings is 1. The Morgan fingerprint density at radius 1 is 0.833 bits per heavy atom. The summed E-state index contributed by atoms with van der Waals surface area (Å²) in [5, 5.41) is 4.16. The van der Waals surface area contributed by atoms with Crippen LogP contribution in [0.5, 0.6) is 5.75 Å². The molecule has 0 aliphatic heterocycles. The van der Waals surface area contributed by atoms with Crippen LogP contribution in [-0.2, 0) is 12.8 Å². The minimum atomic E-state index is -0.143. The highest BCUT2D eigenvalue weighted by Gasteiger charge is 2.23. The zero-order valence-corrected chi connectivity index (χ0v) is 20.5. The number of carbonyl (C=O) groups is 1. The lowest BCUT2D eigenvalue weighted by atomic mass is 9.88. The molecule has 0 radical (unpaired) electrons. The van der Waals surface area contributed by atoms with Gasteiger partial charge in [0.25, 0.3) is 5.91 Å². The number of para-hydroxylation sites is 1. The zero-order chi connectivity index (χ0) is 24.9. The van der Waals surface area contributed by atoms with Crippen LogP contribution in [0, 0.1) is 6.92 Å². The van der Waals surface area contributed by atoms with E-state index in [0.29, 0.717) is 24.1 Å². The van der Waals surface area contributed by atoms with Crippen LogP contribution in [0.4, 0.5) is 5.69 Å². The van der Waals surface area contributed by atoms with Crippen LogP contribution in [0.15, 0.2) is 103 Å². The van der Waals surface area contributed by atoms with Gasteiger partial charge in [-0.15, -0.1) is 0 Å². The Hall–Kier alpha value is -4.44. The average Bonchev–Trinajstić information content (AvgIpc) is 2.91. The van der Waals surface area contributed by atoms with Crippen molar-refractivity contribution >= 4 is 22.5 Å². The summed E-state index contributed by atoms with van der Waals surface area (Å²) in [6.07, 6.45) is 3.00. The van der Waals surface area contributed by atoms with E-state index in [0.717, 1.165) is 44.5 Å². The van der Waals surface area contributed by atoms with Gasteiger partial charge in [-0.1, -0.05) is 78.9 Å². The monoisotopic (exact) mass is 472 g/mol. The Morgan fingerprint density at radius 3 is 2.19 bits per heavy atom. The van der Waals surface area contributed by atoms with Crippen molar-refractivity contribution in [1.29, 1.82) is 0 Å². The smallest absolute Gasteiger partial charge is 0.256 e. The fourth-order valence-corrected chi connectivity index (χ4v) is 4.73. The molecular formula is C32H28N2O2. The lowest BCUT2D eigenvalue weighted by molar-refractivity contribution is 0.102. The van der Waals surface area contributed by atoms with Gasteiger partial charge in [0.1, 0.15) is 5.75 Å². The first-order valence-electron chi connectivity index (χ1n) is 12.1. The molecule has 4 aromatic carbocycles. The SMILES string of the molecule is COc1cc(Cc2ccccc2)c(C(=O)Nc2cccc3cccnc23)c(Cc2ccccc2)c1C. The number of carbonyl (C=O) groups excluding carboxylic acids is 1. The van der Waals surface area contributed by atoms with Crippen molar-refractivity contribution in [2.75, 3.05) is 12.4 Å². The fourth-order valence-electron chi connectivity index (χ4n) is 4.73. The minimum Gasteiger partial charge on any atom is -0.496 e. The summed E-state index contributed by atoms with van der Waals surface area (Å²) >= 11 is 0. The number of hydrogen-bond donors (Lipinski definition) is 1. The highest BCUT2D eigenvalue weighted by atomic mass is 16.5. The second-order valence-corrected chi connectivity index (χ2v) is 8.88. The Labute approximate surface area is 211 Å². The molecule has 4 heteroatoms. The lowest BCUT2D eigenvalue weighted by Crippen LogP contribution is -2.19. The van der Waals surface area contributed by atoms with Crippen LogP contribution in [0.2, 0.25) is 0 Å². The Morgan fingerprint density at radius 2 is 1.50 bits per heavy atom. The van der Waals surface area contributed by atoms with Gasteiger partial charge in [0, 0.05) is 17.1 Å². The van der Waals surface area contributed by atoms with Crippen molar-refractivity contribution in [3.05, 3.63) is 137 Å². The van der Waals surface area contributed by atoms with Crippen molar-refractivity contribution in [3.63, 3.8) is 0 Å². The molecule has 5 rings (SSSR count). The second-order valence-electron chi connectivity index (χ2n) is 8.88. The van der Waals surface area contributed by atoms with E-state index in [-0.39, 0.29) is 5.91 Å². The van der Waals surface area contributed by atoms with Crippen molar-refractivity contribution in [1.82, 2.24) is 4.98 Å². The number of rotatable bonds is 7. The summed E-state index contributed by atoms with van der Waals surface area (Å²) in [7, 11) is 1.68. The first kappa shape index (κ1) is 23.3. The average molecular weight is 473 g/mol. The van der Waals surface area contributed by atoms with E-state index in [9.17, 15) is 4.79 Å². The van der Waals surface area contributed by atoms with Gasteiger partial charge in [0.05, 0.1) is 18.3 Å². The van der Waals surface area contributed by atoms with Crippen LogP contribution < -0.4 is 10.1 Å². The molecule has 1 amide bonds. The van der Waals surface area contributed by atoms with E-state index in [1.54, 1.807) is 13.3 Å². The molecule has 0 saturated carbocycles. The maximum absolute atomic E-state index is 14.1. The van der Waals surface area contributed by atoms with Crippen LogP contribution >= 0.6 is 0 Å². The van der Waals surface area contributed by atoms with Gasteiger partial charge in [-0.3, -0.25) is 9.78 Å². The maximum atomic E-state index is 14.1. The molecular weight excluding hydrogens is 444 g/mol. The molecule has 0 atom stereocenters. The summed E-state index contributed by atoms with van der Waals surface area (Å²) in [6.45, 7) is 2.03. The number of methoxy groups -OCH3 is 1. The summed E-state index contributed by atoms with van der Waals surface area (Å²) in [5.41, 5.74) is 7.30. The van der Waals surface area contributed by atoms with Gasteiger partial charge >= 0.3 is 0 Å². The third-order valence-corrected chi connectivity index (χ3v) is 6.54. The minimum absolute atomic E-state index is 0.143. The van der Waals surface area contributed by atoms with E-state index in [2.05, 4.69) is 34.6 Å². The predicted octanol–water partition coefficient (Wildman–Crippen LogP) is 6.99. The van der Waals surface area contributed by atoms with Crippen molar-refractivity contribution < 1.29 is 9.53 Å². The molecule has 0 aliphatic carbocycles. The number of anilines is 1. The molecule has 1 aromatic heterocycles. The number of fused-ring (bicyclic) bond motifs is 1. The lowest BCUT2D eigenvalue weighted by Gasteiger charge is -2.21. The van der Waals surface area contributed by atoms with Crippen LogP contribution in [0.1, 0.15) is 38.2 Å². The standard InChI is InChI=1S/C32H28N2O2/c1-22-27(20-24-13-7-4-8-14-24)30(26(21-29(22)36-2)19-23-11-5-3-6-12-23)32(35)34-28-17-9-15-25-16-10-18-33-31(25)28/h3-18,21H,19-20H2,1-2H3,(H,34,35). The summed E-state index contributed by atoms with van der Waals surface area (Å²) in [5.74, 6) is 0.644. The van der Waals surface area contributed by atoms with E-state index < -0.39 is 0 Å². The third-order valence-electron chi connectivity index (χ3n) is 6.54. The van der Waals surface area contributed by atoms with E-state index in [4.69, 9.17) is 4.74 Å². The number of nitrogens with one attached hydrogen (secondary N) is 1. The molecule has 0 fully saturated rings. The number of ether oxygens (including phenoxy) is 1. The zero-order valence-electron chi connectivity index (χ0n) is 20.5. The van der Waals surface area contributed by atoms with Gasteiger partial charge in [-0.25, -0.2) is 0 Å². The number of amides is 1. The molecule has 0 saturated heterocycles. The van der Waals surface area contributed by atoms with Crippen LogP contribution in [0.3, 0.4) is 0 Å². The first-order chi connectivity index (χ1) is 17.6. The van der Waals surface area contributed by atoms with E-state index in [1.807, 2.05) is 79.7 Å². The molecule has 0 bridgehead atoms. The highest BCUT2D eigenvalue weighted by Crippen LogP contribution is 2.33. The van der Waals surface area contributed by atoms with Crippen LogP contribution in [-0.4, -0.2) is 18.0 Å². The molecule has 0 aliphatic rings. The second kappa shape index (κ2) is 10.4. The largest absolute Gasteiger partial charge is 0.496 e. The van der Waals surface area contributed by atoms with E-state index in [1.165, 1.54) is 0 Å². The Bertz CT molecular complexity index is 1510. The molecule has 178 valence electrons. The van der Waals surface area contributed by atoms with Gasteiger partial charge in [-0.2, -0.15) is 0 Å². The van der Waals surface area contributed by atoms with E-state index >= 15 is 0 Å². The number of nitrogens with zero attached hydrogens (tertiary/aromatic N) is 1. The number of benzene rings is 4. The van der Waals surface area contributed by atoms with Crippen molar-refractivity contribution in [2.24, 2.45) is 0 Å². The Kier molecular flexibility index (Phi) is 6.76. The quantitative estimate of drug-likeness (QED) is 0.278. The predicted molar refractivity (Wildman–Crippen MR) is 146 cm³/mol. The molecule has 1 heterocycles. The molecule has 0 spiro atoms. The van der Waals surface area contributed by atoms with Gasteiger partial charge in [0.2, 0.25) is 0 Å².